The summed E-state index contributed by atoms with van der Waals surface area (Å²) < 4.78 is 0. The Kier molecular flexibility index (Phi) is 2.82. The zero-order valence-electron chi connectivity index (χ0n) is 7.01. The van der Waals surface area contributed by atoms with Gasteiger partial charge in [-0.2, -0.15) is 0 Å². The molecule has 2 rings (SSSR count). The predicted octanol–water partition coefficient (Wildman–Crippen LogP) is 2.34. The van der Waals surface area contributed by atoms with E-state index in [1.54, 1.807) is 0 Å². The summed E-state index contributed by atoms with van der Waals surface area (Å²) in [6.07, 6.45) is 8.77. The maximum Gasteiger partial charge on any atom is -0.00436 e. The van der Waals surface area contributed by atoms with Gasteiger partial charge in [-0.15, -0.1) is 12.4 Å². The van der Waals surface area contributed by atoms with Crippen molar-refractivity contribution in [1.29, 1.82) is 0 Å². The molecule has 2 saturated carbocycles. The summed E-state index contributed by atoms with van der Waals surface area (Å²) in [5, 5.41) is 0. The molecule has 2 aliphatic carbocycles. The highest BCUT2D eigenvalue weighted by Crippen LogP contribution is 2.56. The molecule has 2 N–H and O–H groups in total. The molecule has 11 heavy (non-hydrogen) atoms. The molecular formula is C9H18ClN. The minimum absolute atomic E-state index is 0. The van der Waals surface area contributed by atoms with Crippen LogP contribution in [0.1, 0.15) is 38.5 Å². The first-order valence-electron chi connectivity index (χ1n) is 4.57. The Hall–Kier alpha value is 0.250. The van der Waals surface area contributed by atoms with Crippen LogP contribution in [0.15, 0.2) is 0 Å². The van der Waals surface area contributed by atoms with Crippen molar-refractivity contribution in [3.63, 3.8) is 0 Å². The van der Waals surface area contributed by atoms with E-state index in [4.69, 9.17) is 5.73 Å². The van der Waals surface area contributed by atoms with Crippen LogP contribution in [0.5, 0.6) is 0 Å². The summed E-state index contributed by atoms with van der Waals surface area (Å²) >= 11 is 0. The normalized spacial score (nSPS) is 33.0. The average molecular weight is 176 g/mol. The van der Waals surface area contributed by atoms with Crippen LogP contribution in [-0.2, 0) is 0 Å². The first-order valence-corrected chi connectivity index (χ1v) is 4.57. The number of nitrogens with two attached hydrogens (primary N) is 1. The maximum absolute atomic E-state index is 5.72. The zero-order valence-corrected chi connectivity index (χ0v) is 7.83. The molecule has 0 radical (unpaired) electrons. The summed E-state index contributed by atoms with van der Waals surface area (Å²) in [4.78, 5) is 0. The van der Waals surface area contributed by atoms with Gasteiger partial charge in [0, 0.05) is 0 Å². The van der Waals surface area contributed by atoms with Crippen LogP contribution in [-0.4, -0.2) is 6.54 Å². The van der Waals surface area contributed by atoms with Crippen LogP contribution < -0.4 is 5.73 Å². The predicted molar refractivity (Wildman–Crippen MR) is 49.9 cm³/mol. The van der Waals surface area contributed by atoms with Gasteiger partial charge in [-0.3, -0.25) is 0 Å². The monoisotopic (exact) mass is 175 g/mol. The van der Waals surface area contributed by atoms with Gasteiger partial charge in [-0.1, -0.05) is 12.8 Å². The van der Waals surface area contributed by atoms with Gasteiger partial charge in [-0.25, -0.2) is 0 Å². The molecule has 0 aromatic carbocycles. The van der Waals surface area contributed by atoms with Crippen molar-refractivity contribution in [2.75, 3.05) is 6.54 Å². The largest absolute Gasteiger partial charge is 0.330 e. The van der Waals surface area contributed by atoms with Crippen LogP contribution in [0.4, 0.5) is 0 Å². The smallest absolute Gasteiger partial charge is 0.00436 e. The Labute approximate surface area is 75.1 Å². The summed E-state index contributed by atoms with van der Waals surface area (Å²) in [5.74, 6) is 0.890. The summed E-state index contributed by atoms with van der Waals surface area (Å²) in [6, 6.07) is 0. The van der Waals surface area contributed by atoms with E-state index in [2.05, 4.69) is 0 Å². The van der Waals surface area contributed by atoms with E-state index in [9.17, 15) is 0 Å². The van der Waals surface area contributed by atoms with E-state index < -0.39 is 0 Å². The lowest BCUT2D eigenvalue weighted by atomic mass is 9.62. The van der Waals surface area contributed by atoms with E-state index in [-0.39, 0.29) is 12.4 Å². The van der Waals surface area contributed by atoms with Crippen molar-refractivity contribution < 1.29 is 0 Å². The highest BCUT2D eigenvalue weighted by molar-refractivity contribution is 5.85. The van der Waals surface area contributed by atoms with E-state index in [0.717, 1.165) is 17.9 Å². The van der Waals surface area contributed by atoms with Gasteiger partial charge in [0.1, 0.15) is 0 Å². The molecule has 0 saturated heterocycles. The Morgan fingerprint density at radius 1 is 1.18 bits per heavy atom. The van der Waals surface area contributed by atoms with Crippen molar-refractivity contribution in [2.24, 2.45) is 17.1 Å². The molecule has 66 valence electrons. The fraction of sp³-hybridized carbons (Fsp3) is 1.00. The van der Waals surface area contributed by atoms with E-state index in [0.29, 0.717) is 0 Å². The molecule has 2 aliphatic rings. The third-order valence-corrected chi connectivity index (χ3v) is 3.73. The molecule has 2 fully saturated rings. The average Bonchev–Trinajstić information content (AvgIpc) is 2.27. The second kappa shape index (κ2) is 3.32. The molecule has 1 atom stereocenters. The number of rotatable bonds is 1. The third-order valence-electron chi connectivity index (χ3n) is 3.73. The fourth-order valence-electron chi connectivity index (χ4n) is 2.87. The van der Waals surface area contributed by atoms with Crippen molar-refractivity contribution in [1.82, 2.24) is 0 Å². The lowest BCUT2D eigenvalue weighted by molar-refractivity contribution is 0.0830. The Balaban J connectivity index is 0.000000605. The van der Waals surface area contributed by atoms with Gasteiger partial charge in [0.25, 0.3) is 0 Å². The molecule has 0 aromatic heterocycles. The number of halogens is 1. The molecule has 0 aliphatic heterocycles. The summed E-state index contributed by atoms with van der Waals surface area (Å²) in [7, 11) is 0. The van der Waals surface area contributed by atoms with Gasteiger partial charge >= 0.3 is 0 Å². The minimum atomic E-state index is 0. The van der Waals surface area contributed by atoms with E-state index in [1.165, 1.54) is 38.5 Å². The zero-order chi connectivity index (χ0) is 7.03. The van der Waals surface area contributed by atoms with E-state index >= 15 is 0 Å². The Bertz CT molecular complexity index is 132. The second-order valence-electron chi connectivity index (χ2n) is 4.04. The van der Waals surface area contributed by atoms with Crippen molar-refractivity contribution >= 4 is 12.4 Å². The SMILES string of the molecule is Cl.NCC1CCCC12CCC2. The third kappa shape index (κ3) is 1.29. The maximum atomic E-state index is 5.72. The molecule has 1 spiro atoms. The lowest BCUT2D eigenvalue weighted by Crippen LogP contribution is -2.36. The van der Waals surface area contributed by atoms with Crippen LogP contribution >= 0.6 is 12.4 Å². The second-order valence-corrected chi connectivity index (χ2v) is 4.04. The molecule has 0 bridgehead atoms. The standard InChI is InChI=1S/C9H17N.ClH/c10-7-8-3-1-4-9(8)5-2-6-9;/h8H,1-7,10H2;1H. The van der Waals surface area contributed by atoms with Gasteiger partial charge in [0.15, 0.2) is 0 Å². The van der Waals surface area contributed by atoms with Crippen molar-refractivity contribution in [2.45, 2.75) is 38.5 Å². The number of hydrogen-bond acceptors (Lipinski definition) is 1. The van der Waals surface area contributed by atoms with Crippen LogP contribution in [0.25, 0.3) is 0 Å². The van der Waals surface area contributed by atoms with Crippen LogP contribution in [0.2, 0.25) is 0 Å². The first-order chi connectivity index (χ1) is 4.87. The lowest BCUT2D eigenvalue weighted by Gasteiger charge is -2.43. The van der Waals surface area contributed by atoms with Crippen molar-refractivity contribution in [3.8, 4) is 0 Å². The molecule has 0 heterocycles. The molecule has 2 heteroatoms. The molecule has 1 unspecified atom stereocenters. The summed E-state index contributed by atoms with van der Waals surface area (Å²) in [6.45, 7) is 0.944. The van der Waals surface area contributed by atoms with Gasteiger partial charge in [0.05, 0.1) is 0 Å². The van der Waals surface area contributed by atoms with Gasteiger partial charge in [-0.05, 0) is 43.6 Å². The molecule has 1 nitrogen and oxygen atoms in total. The van der Waals surface area contributed by atoms with Crippen molar-refractivity contribution in [3.05, 3.63) is 0 Å². The van der Waals surface area contributed by atoms with E-state index in [1.807, 2.05) is 0 Å². The van der Waals surface area contributed by atoms with Crippen LogP contribution in [0, 0.1) is 11.3 Å². The summed E-state index contributed by atoms with van der Waals surface area (Å²) in [5.41, 5.74) is 6.48. The molecule has 0 aromatic rings. The first kappa shape index (κ1) is 9.34. The topological polar surface area (TPSA) is 26.0 Å². The van der Waals surface area contributed by atoms with Crippen LogP contribution in [0.3, 0.4) is 0 Å². The van der Waals surface area contributed by atoms with Gasteiger partial charge in [0.2, 0.25) is 0 Å². The highest BCUT2D eigenvalue weighted by atomic mass is 35.5. The number of hydrogen-bond donors (Lipinski definition) is 1. The minimum Gasteiger partial charge on any atom is -0.330 e. The molecule has 0 amide bonds. The van der Waals surface area contributed by atoms with Gasteiger partial charge < -0.3 is 5.73 Å². The fourth-order valence-corrected chi connectivity index (χ4v) is 2.87. The molecular weight excluding hydrogens is 158 g/mol. The Morgan fingerprint density at radius 3 is 2.18 bits per heavy atom. The quantitative estimate of drug-likeness (QED) is 0.651. The highest BCUT2D eigenvalue weighted by Gasteiger charge is 2.45. The Morgan fingerprint density at radius 2 is 1.82 bits per heavy atom.